The lowest BCUT2D eigenvalue weighted by atomic mass is 9.71. The highest BCUT2D eigenvalue weighted by atomic mass is 35.5. The number of fused-ring (bicyclic) bond motifs is 7. The van der Waals surface area contributed by atoms with Crippen LogP contribution >= 0.6 is 48.8 Å². The Kier molecular flexibility index (Phi) is 13.5. The monoisotopic (exact) mass is 715 g/mol. The lowest BCUT2D eigenvalue weighted by Gasteiger charge is -2.36. The van der Waals surface area contributed by atoms with E-state index in [1.54, 1.807) is 0 Å². The van der Waals surface area contributed by atoms with Crippen molar-refractivity contribution in [1.82, 2.24) is 14.9 Å². The van der Waals surface area contributed by atoms with Gasteiger partial charge in [-0.3, -0.25) is 9.97 Å². The predicted molar refractivity (Wildman–Crippen MR) is 208 cm³/mol. The number of nitrogens with zero attached hydrogens (tertiary/aromatic N) is 3. The van der Waals surface area contributed by atoms with Crippen LogP contribution in [-0.4, -0.2) is 48.1 Å². The maximum atomic E-state index is 6.39. The summed E-state index contributed by atoms with van der Waals surface area (Å²) in [5.41, 5.74) is 11.8. The summed E-state index contributed by atoms with van der Waals surface area (Å²) in [5.74, 6) is 1.19. The van der Waals surface area contributed by atoms with Gasteiger partial charge in [-0.15, -0.1) is 37.2 Å². The molecular formula is C38H49Cl4N5. The lowest BCUT2D eigenvalue weighted by molar-refractivity contribution is 0.326. The van der Waals surface area contributed by atoms with Gasteiger partial charge in [-0.25, -0.2) is 0 Å². The molecule has 2 N–H and O–H groups in total. The Bertz CT molecular complexity index is 1710. The van der Waals surface area contributed by atoms with Crippen molar-refractivity contribution in [3.63, 3.8) is 0 Å². The first-order valence-corrected chi connectivity index (χ1v) is 17.3. The van der Waals surface area contributed by atoms with E-state index in [4.69, 9.17) is 21.6 Å². The summed E-state index contributed by atoms with van der Waals surface area (Å²) in [6.07, 6.45) is 14.2. The van der Waals surface area contributed by atoms with Gasteiger partial charge in [-0.2, -0.15) is 0 Å². The van der Waals surface area contributed by atoms with E-state index in [-0.39, 0.29) is 37.2 Å². The average Bonchev–Trinajstić information content (AvgIpc) is 3.01. The van der Waals surface area contributed by atoms with Crippen LogP contribution in [0.15, 0.2) is 54.1 Å². The van der Waals surface area contributed by atoms with Crippen LogP contribution in [-0.2, 0) is 19.3 Å². The van der Waals surface area contributed by atoms with Crippen LogP contribution in [0.1, 0.15) is 80.3 Å². The molecule has 2 atom stereocenters. The van der Waals surface area contributed by atoms with Gasteiger partial charge in [0.2, 0.25) is 0 Å². The quantitative estimate of drug-likeness (QED) is 0.120. The number of pyridine rings is 2. The van der Waals surface area contributed by atoms with E-state index < -0.39 is 0 Å². The molecule has 0 amide bonds. The largest absolute Gasteiger partial charge is 0.384 e. The highest BCUT2D eigenvalue weighted by Gasteiger charge is 2.33. The predicted octanol–water partition coefficient (Wildman–Crippen LogP) is 10.2. The molecule has 5 nitrogen and oxygen atoms in total. The normalized spacial score (nSPS) is 17.9. The fourth-order valence-electron chi connectivity index (χ4n) is 8.04. The summed E-state index contributed by atoms with van der Waals surface area (Å²) in [6.45, 7) is 6.49. The zero-order chi connectivity index (χ0) is 30.0. The molecule has 2 aromatic carbocycles. The molecule has 0 aliphatic heterocycles. The fraction of sp³-hybridized carbons (Fsp3) is 0.474. The molecule has 0 fully saturated rings. The van der Waals surface area contributed by atoms with E-state index in [9.17, 15) is 0 Å². The van der Waals surface area contributed by atoms with Gasteiger partial charge in [0.15, 0.2) is 0 Å². The molecule has 3 aliphatic rings. The van der Waals surface area contributed by atoms with Crippen molar-refractivity contribution in [2.45, 2.75) is 77.0 Å². The molecule has 2 bridgehead atoms. The summed E-state index contributed by atoms with van der Waals surface area (Å²) in [6, 6.07) is 14.8. The highest BCUT2D eigenvalue weighted by Crippen LogP contribution is 2.47. The number of rotatable bonds is 11. The van der Waals surface area contributed by atoms with Gasteiger partial charge in [0.25, 0.3) is 0 Å². The average molecular weight is 718 g/mol. The number of aromatic nitrogens is 2. The van der Waals surface area contributed by atoms with E-state index in [0.29, 0.717) is 11.8 Å². The zero-order valence-electron chi connectivity index (χ0n) is 27.6. The summed E-state index contributed by atoms with van der Waals surface area (Å²) in [5, 5.41) is 11.0. The minimum absolute atomic E-state index is 0. The lowest BCUT2D eigenvalue weighted by Crippen LogP contribution is -2.26. The van der Waals surface area contributed by atoms with Crippen molar-refractivity contribution in [1.29, 1.82) is 0 Å². The number of para-hydroxylation sites is 1. The van der Waals surface area contributed by atoms with Crippen molar-refractivity contribution >= 4 is 82.0 Å². The summed E-state index contributed by atoms with van der Waals surface area (Å²) in [4.78, 5) is 12.6. The molecule has 2 unspecified atom stereocenters. The van der Waals surface area contributed by atoms with Crippen LogP contribution in [0.2, 0.25) is 5.02 Å². The van der Waals surface area contributed by atoms with Crippen LogP contribution in [0.3, 0.4) is 0 Å². The third-order valence-electron chi connectivity index (χ3n) is 10.1. The van der Waals surface area contributed by atoms with Gasteiger partial charge in [0, 0.05) is 57.2 Å². The van der Waals surface area contributed by atoms with E-state index in [1.807, 2.05) is 12.1 Å². The molecule has 9 heteroatoms. The first kappa shape index (κ1) is 37.5. The van der Waals surface area contributed by atoms with Gasteiger partial charge in [0.1, 0.15) is 0 Å². The number of benzene rings is 2. The van der Waals surface area contributed by atoms with Crippen molar-refractivity contribution in [3.8, 4) is 0 Å². The maximum Gasteiger partial charge on any atom is 0.0741 e. The zero-order valence-corrected chi connectivity index (χ0v) is 30.8. The smallest absolute Gasteiger partial charge is 0.0741 e. The topological polar surface area (TPSA) is 53.1 Å². The molecule has 47 heavy (non-hydrogen) atoms. The van der Waals surface area contributed by atoms with E-state index in [2.05, 4.69) is 65.9 Å². The number of allylic oxidation sites excluding steroid dienone is 2. The number of hydrogen-bond acceptors (Lipinski definition) is 5. The second-order valence-electron chi connectivity index (χ2n) is 13.5. The standard InChI is InChI=1S/C38H46ClN5.3ClH/c1-25-20-26-22-27(21-25)36-35(23-26)43-34-24-28(39)14-15-31(34)38(36)41-17-9-19-44(2)18-8-7-16-40-37-29-10-3-5-12-32(29)42-33-13-6-4-11-30(33)37;;;/h3,5,10,12,14-15,20,24,26-27H,4,6-9,11,13,16-19,21-23H2,1-2H3,(H,40,42)(H,41,43);3*1H. The second-order valence-corrected chi connectivity index (χ2v) is 13.9. The minimum Gasteiger partial charge on any atom is -0.384 e. The molecule has 254 valence electrons. The van der Waals surface area contributed by atoms with Crippen molar-refractivity contribution in [3.05, 3.63) is 81.7 Å². The maximum absolute atomic E-state index is 6.39. The Balaban J connectivity index is 0.00000167. The molecule has 0 spiro atoms. The molecule has 2 heterocycles. The SMILES string of the molecule is CC1=CC2Cc3nc4cc(Cl)ccc4c(NCCCN(C)CCCCNc4c5c(nc6ccccc46)CCCC5)c3C(C1)C2.Cl.Cl.Cl. The molecule has 0 saturated heterocycles. The number of nitrogens with one attached hydrogen (secondary N) is 2. The van der Waals surface area contributed by atoms with Crippen LogP contribution in [0.25, 0.3) is 21.8 Å². The third-order valence-corrected chi connectivity index (χ3v) is 10.3. The number of halogens is 4. The van der Waals surface area contributed by atoms with Crippen molar-refractivity contribution in [2.75, 3.05) is 43.9 Å². The van der Waals surface area contributed by atoms with Gasteiger partial charge >= 0.3 is 0 Å². The molecule has 4 aromatic rings. The van der Waals surface area contributed by atoms with Crippen LogP contribution in [0, 0.1) is 5.92 Å². The Morgan fingerprint density at radius 1 is 0.809 bits per heavy atom. The number of aryl methyl sites for hydroxylation is 1. The molecule has 0 radical (unpaired) electrons. The van der Waals surface area contributed by atoms with Gasteiger partial charge in [-0.05, 0) is 133 Å². The molecule has 3 aliphatic carbocycles. The number of unbranched alkanes of at least 4 members (excludes halogenated alkanes) is 1. The van der Waals surface area contributed by atoms with Crippen LogP contribution in [0.5, 0.6) is 0 Å². The third kappa shape index (κ3) is 8.31. The Morgan fingerprint density at radius 2 is 1.53 bits per heavy atom. The van der Waals surface area contributed by atoms with Crippen molar-refractivity contribution < 1.29 is 0 Å². The van der Waals surface area contributed by atoms with E-state index >= 15 is 0 Å². The molecule has 0 saturated carbocycles. The number of hydrogen-bond donors (Lipinski definition) is 2. The highest BCUT2D eigenvalue weighted by molar-refractivity contribution is 6.31. The first-order chi connectivity index (χ1) is 21.5. The van der Waals surface area contributed by atoms with Gasteiger partial charge in [-0.1, -0.05) is 41.4 Å². The fourth-order valence-corrected chi connectivity index (χ4v) is 8.21. The first-order valence-electron chi connectivity index (χ1n) is 16.9. The number of anilines is 2. The summed E-state index contributed by atoms with van der Waals surface area (Å²) >= 11 is 6.39. The summed E-state index contributed by atoms with van der Waals surface area (Å²) in [7, 11) is 2.27. The Labute approximate surface area is 304 Å². The van der Waals surface area contributed by atoms with Crippen LogP contribution in [0.4, 0.5) is 11.4 Å². The second kappa shape index (κ2) is 16.9. The minimum atomic E-state index is 0. The molecular weight excluding hydrogens is 668 g/mol. The Hall–Kier alpha value is -2.28. The van der Waals surface area contributed by atoms with Crippen molar-refractivity contribution in [2.24, 2.45) is 5.92 Å². The van der Waals surface area contributed by atoms with Gasteiger partial charge < -0.3 is 15.5 Å². The van der Waals surface area contributed by atoms with E-state index in [0.717, 1.165) is 74.3 Å². The Morgan fingerprint density at radius 3 is 2.40 bits per heavy atom. The summed E-state index contributed by atoms with van der Waals surface area (Å²) < 4.78 is 0. The molecule has 7 rings (SSSR count). The van der Waals surface area contributed by atoms with Gasteiger partial charge in [0.05, 0.1) is 11.0 Å². The van der Waals surface area contributed by atoms with E-state index in [1.165, 1.54) is 82.3 Å². The van der Waals surface area contributed by atoms with Crippen LogP contribution < -0.4 is 10.6 Å². The molecule has 2 aromatic heterocycles.